The summed E-state index contributed by atoms with van der Waals surface area (Å²) in [5.41, 5.74) is 1.22. The Bertz CT molecular complexity index is 436. The molecule has 2 aromatic rings. The number of halogens is 1. The molecule has 17 heavy (non-hydrogen) atoms. The second-order valence-corrected chi connectivity index (χ2v) is 6.00. The summed E-state index contributed by atoms with van der Waals surface area (Å²) in [5.74, 6) is 0.241. The number of hydrogen-bond acceptors (Lipinski definition) is 2. The maximum absolute atomic E-state index is 9.47. The highest BCUT2D eigenvalue weighted by Crippen LogP contribution is 2.24. The van der Waals surface area contributed by atoms with Crippen LogP contribution < -0.4 is 0 Å². The van der Waals surface area contributed by atoms with Gasteiger partial charge < -0.3 is 5.11 Å². The highest BCUT2D eigenvalue weighted by atomic mass is 79.9. The minimum atomic E-state index is 0.215. The number of aliphatic hydroxyl groups excluding tert-OH is 1. The van der Waals surface area contributed by atoms with Crippen LogP contribution in [0.1, 0.15) is 22.8 Å². The van der Waals surface area contributed by atoms with E-state index in [4.69, 9.17) is 0 Å². The molecule has 0 saturated heterocycles. The molecule has 0 aliphatic heterocycles. The van der Waals surface area contributed by atoms with Crippen molar-refractivity contribution in [2.75, 3.05) is 6.61 Å². The molecular formula is C14H15BrOS. The van der Waals surface area contributed by atoms with E-state index < -0.39 is 0 Å². The van der Waals surface area contributed by atoms with Gasteiger partial charge in [0.15, 0.2) is 0 Å². The number of rotatable bonds is 5. The first-order valence-corrected chi connectivity index (χ1v) is 7.35. The molecule has 3 heteroatoms. The van der Waals surface area contributed by atoms with Crippen molar-refractivity contribution in [3.63, 3.8) is 0 Å². The zero-order valence-corrected chi connectivity index (χ0v) is 11.9. The van der Waals surface area contributed by atoms with Gasteiger partial charge in [0.05, 0.1) is 0 Å². The lowest BCUT2D eigenvalue weighted by molar-refractivity contribution is 0.259. The standard InChI is InChI=1S/C14H15BrOS/c15-13-6-3-11(4-7-13)12(10-16)5-8-14-2-1-9-17-14/h1-4,6-7,9,12,16H,5,8,10H2. The van der Waals surface area contributed by atoms with Crippen LogP contribution in [0, 0.1) is 0 Å². The van der Waals surface area contributed by atoms with Crippen LogP contribution in [-0.4, -0.2) is 11.7 Å². The fourth-order valence-corrected chi connectivity index (χ4v) is 2.86. The highest BCUT2D eigenvalue weighted by Gasteiger charge is 2.10. The first-order valence-electron chi connectivity index (χ1n) is 5.68. The van der Waals surface area contributed by atoms with E-state index in [0.717, 1.165) is 17.3 Å². The normalized spacial score (nSPS) is 12.6. The van der Waals surface area contributed by atoms with Crippen LogP contribution in [0.5, 0.6) is 0 Å². The van der Waals surface area contributed by atoms with Crippen molar-refractivity contribution in [1.82, 2.24) is 0 Å². The molecular weight excluding hydrogens is 296 g/mol. The minimum absolute atomic E-state index is 0.215. The Morgan fingerprint density at radius 2 is 1.94 bits per heavy atom. The summed E-state index contributed by atoms with van der Waals surface area (Å²) >= 11 is 5.21. The van der Waals surface area contributed by atoms with Crippen molar-refractivity contribution >= 4 is 27.3 Å². The van der Waals surface area contributed by atoms with Gasteiger partial charge in [0, 0.05) is 21.9 Å². The number of aryl methyl sites for hydroxylation is 1. The lowest BCUT2D eigenvalue weighted by Crippen LogP contribution is -2.05. The van der Waals surface area contributed by atoms with E-state index in [9.17, 15) is 5.11 Å². The summed E-state index contributed by atoms with van der Waals surface area (Å²) in [6, 6.07) is 12.5. The van der Waals surface area contributed by atoms with Gasteiger partial charge in [0.2, 0.25) is 0 Å². The second-order valence-electron chi connectivity index (χ2n) is 4.05. The van der Waals surface area contributed by atoms with Crippen molar-refractivity contribution in [3.8, 4) is 0 Å². The molecule has 0 saturated carbocycles. The van der Waals surface area contributed by atoms with E-state index in [-0.39, 0.29) is 12.5 Å². The lowest BCUT2D eigenvalue weighted by Gasteiger charge is -2.14. The number of thiophene rings is 1. The summed E-state index contributed by atoms with van der Waals surface area (Å²) in [5, 5.41) is 11.6. The molecule has 0 fully saturated rings. The van der Waals surface area contributed by atoms with Crippen LogP contribution in [0.25, 0.3) is 0 Å². The SMILES string of the molecule is OCC(CCc1cccs1)c1ccc(Br)cc1. The molecule has 1 N–H and O–H groups in total. The largest absolute Gasteiger partial charge is 0.396 e. The molecule has 2 rings (SSSR count). The number of benzene rings is 1. The molecule has 1 aromatic carbocycles. The third kappa shape index (κ3) is 3.66. The van der Waals surface area contributed by atoms with Crippen LogP contribution >= 0.6 is 27.3 Å². The van der Waals surface area contributed by atoms with Crippen LogP contribution in [0.15, 0.2) is 46.3 Å². The third-order valence-electron chi connectivity index (χ3n) is 2.88. The zero-order chi connectivity index (χ0) is 12.1. The van der Waals surface area contributed by atoms with Gasteiger partial charge in [0.25, 0.3) is 0 Å². The summed E-state index contributed by atoms with van der Waals surface area (Å²) in [6.45, 7) is 0.215. The molecule has 1 heterocycles. The quantitative estimate of drug-likeness (QED) is 0.876. The van der Waals surface area contributed by atoms with Crippen LogP contribution in [0.4, 0.5) is 0 Å². The van der Waals surface area contributed by atoms with Crippen LogP contribution in [0.2, 0.25) is 0 Å². The molecule has 90 valence electrons. The van der Waals surface area contributed by atoms with Gasteiger partial charge >= 0.3 is 0 Å². The average molecular weight is 311 g/mol. The molecule has 0 bridgehead atoms. The van der Waals surface area contributed by atoms with E-state index in [1.807, 2.05) is 12.1 Å². The molecule has 0 radical (unpaired) electrons. The topological polar surface area (TPSA) is 20.2 Å². The first-order chi connectivity index (χ1) is 8.29. The van der Waals surface area contributed by atoms with Gasteiger partial charge in [-0.2, -0.15) is 0 Å². The fraction of sp³-hybridized carbons (Fsp3) is 0.286. The van der Waals surface area contributed by atoms with Gasteiger partial charge in [0.1, 0.15) is 0 Å². The van der Waals surface area contributed by atoms with Crippen LogP contribution in [0.3, 0.4) is 0 Å². The van der Waals surface area contributed by atoms with E-state index in [1.54, 1.807) is 11.3 Å². The highest BCUT2D eigenvalue weighted by molar-refractivity contribution is 9.10. The Labute approximate surface area is 114 Å². The Hall–Kier alpha value is -0.640. The minimum Gasteiger partial charge on any atom is -0.396 e. The lowest BCUT2D eigenvalue weighted by atomic mass is 9.95. The second kappa shape index (κ2) is 6.34. The number of aliphatic hydroxyl groups is 1. The van der Waals surface area contributed by atoms with E-state index in [2.05, 4.69) is 45.6 Å². The van der Waals surface area contributed by atoms with Gasteiger partial charge in [-0.3, -0.25) is 0 Å². The molecule has 1 aromatic heterocycles. The van der Waals surface area contributed by atoms with E-state index in [1.165, 1.54) is 10.4 Å². The molecule has 1 unspecified atom stereocenters. The molecule has 0 aliphatic rings. The summed E-state index contributed by atoms with van der Waals surface area (Å²) < 4.78 is 1.08. The average Bonchev–Trinajstić information content (AvgIpc) is 2.85. The zero-order valence-electron chi connectivity index (χ0n) is 9.47. The van der Waals surface area contributed by atoms with Gasteiger partial charge in [-0.25, -0.2) is 0 Å². The fourth-order valence-electron chi connectivity index (χ4n) is 1.87. The van der Waals surface area contributed by atoms with Crippen molar-refractivity contribution in [1.29, 1.82) is 0 Å². The predicted molar refractivity (Wildman–Crippen MR) is 76.6 cm³/mol. The first kappa shape index (κ1) is 12.8. The van der Waals surface area contributed by atoms with Crippen molar-refractivity contribution in [2.24, 2.45) is 0 Å². The molecule has 1 atom stereocenters. The van der Waals surface area contributed by atoms with Crippen molar-refractivity contribution in [3.05, 3.63) is 56.7 Å². The van der Waals surface area contributed by atoms with E-state index in [0.29, 0.717) is 0 Å². The maximum Gasteiger partial charge on any atom is 0.0499 e. The monoisotopic (exact) mass is 310 g/mol. The Morgan fingerprint density at radius 3 is 2.53 bits per heavy atom. The number of hydrogen-bond donors (Lipinski definition) is 1. The Morgan fingerprint density at radius 1 is 1.18 bits per heavy atom. The van der Waals surface area contributed by atoms with Gasteiger partial charge in [-0.1, -0.05) is 34.1 Å². The molecule has 1 nitrogen and oxygen atoms in total. The molecule has 0 amide bonds. The predicted octanol–water partition coefficient (Wildman–Crippen LogP) is 4.22. The van der Waals surface area contributed by atoms with Crippen molar-refractivity contribution < 1.29 is 5.11 Å². The van der Waals surface area contributed by atoms with Crippen LogP contribution in [-0.2, 0) is 6.42 Å². The van der Waals surface area contributed by atoms with Gasteiger partial charge in [-0.05, 0) is 42.0 Å². The van der Waals surface area contributed by atoms with Crippen molar-refractivity contribution in [2.45, 2.75) is 18.8 Å². The Balaban J connectivity index is 1.99. The molecule has 0 spiro atoms. The summed E-state index contributed by atoms with van der Waals surface area (Å²) in [6.07, 6.45) is 2.04. The summed E-state index contributed by atoms with van der Waals surface area (Å²) in [7, 11) is 0. The van der Waals surface area contributed by atoms with E-state index >= 15 is 0 Å². The van der Waals surface area contributed by atoms with Gasteiger partial charge in [-0.15, -0.1) is 11.3 Å². The summed E-state index contributed by atoms with van der Waals surface area (Å²) in [4.78, 5) is 1.39. The maximum atomic E-state index is 9.47. The third-order valence-corrected chi connectivity index (χ3v) is 4.35. The molecule has 0 aliphatic carbocycles. The Kier molecular flexibility index (Phi) is 4.77. The smallest absolute Gasteiger partial charge is 0.0499 e.